The number of carbonyl (C=O) groups is 2. The van der Waals surface area contributed by atoms with Crippen molar-refractivity contribution in [3.05, 3.63) is 59.1 Å². The van der Waals surface area contributed by atoms with Gasteiger partial charge in [0.25, 0.3) is 0 Å². The highest BCUT2D eigenvalue weighted by Gasteiger charge is 2.30. The van der Waals surface area contributed by atoms with Crippen molar-refractivity contribution in [2.24, 2.45) is 5.92 Å². The van der Waals surface area contributed by atoms with Gasteiger partial charge in [0.15, 0.2) is 0 Å². The van der Waals surface area contributed by atoms with E-state index in [1.54, 1.807) is 55.5 Å². The number of rotatable bonds is 11. The molecule has 2 aromatic carbocycles. The summed E-state index contributed by atoms with van der Waals surface area (Å²) in [4.78, 5) is 27.6. The zero-order valence-corrected chi connectivity index (χ0v) is 21.7. The number of carbonyl (C=O) groups excluding carboxylic acids is 2. The summed E-state index contributed by atoms with van der Waals surface area (Å²) in [5, 5.41) is 3.34. The highest BCUT2D eigenvalue weighted by molar-refractivity contribution is 7.92. The summed E-state index contributed by atoms with van der Waals surface area (Å²) in [5.74, 6) is -0.0431. The van der Waals surface area contributed by atoms with Crippen LogP contribution in [0.25, 0.3) is 0 Å². The van der Waals surface area contributed by atoms with Crippen LogP contribution in [0.5, 0.6) is 5.75 Å². The van der Waals surface area contributed by atoms with Gasteiger partial charge in [-0.25, -0.2) is 8.42 Å². The molecular weight excluding hydrogens is 478 g/mol. The molecule has 34 heavy (non-hydrogen) atoms. The SMILES string of the molecule is COc1ccc(N(CC(=O)N(Cc2cccc(Cl)c2)[C@@H](C)C(=O)NCC(C)C)S(C)(=O)=O)cc1. The third-order valence-electron chi connectivity index (χ3n) is 5.13. The van der Waals surface area contributed by atoms with Gasteiger partial charge in [0.1, 0.15) is 18.3 Å². The lowest BCUT2D eigenvalue weighted by Gasteiger charge is -2.31. The molecule has 0 radical (unpaired) electrons. The van der Waals surface area contributed by atoms with Crippen LogP contribution in [-0.4, -0.2) is 57.6 Å². The fourth-order valence-corrected chi connectivity index (χ4v) is 4.29. The maximum atomic E-state index is 13.5. The van der Waals surface area contributed by atoms with Gasteiger partial charge in [0, 0.05) is 18.1 Å². The van der Waals surface area contributed by atoms with Gasteiger partial charge in [0.05, 0.1) is 19.1 Å². The lowest BCUT2D eigenvalue weighted by atomic mass is 10.1. The molecular formula is C24H32ClN3O5S. The fourth-order valence-electron chi connectivity index (χ4n) is 3.23. The van der Waals surface area contributed by atoms with Crippen molar-refractivity contribution < 1.29 is 22.7 Å². The minimum absolute atomic E-state index is 0.0931. The summed E-state index contributed by atoms with van der Waals surface area (Å²) in [7, 11) is -2.28. The monoisotopic (exact) mass is 509 g/mol. The molecule has 1 N–H and O–H groups in total. The number of benzene rings is 2. The molecule has 0 bridgehead atoms. The molecule has 0 unspecified atom stereocenters. The Kier molecular flexibility index (Phi) is 9.76. The maximum absolute atomic E-state index is 13.5. The van der Waals surface area contributed by atoms with Crippen molar-refractivity contribution in [2.75, 3.05) is 30.8 Å². The summed E-state index contributed by atoms with van der Waals surface area (Å²) >= 11 is 6.10. The summed E-state index contributed by atoms with van der Waals surface area (Å²) < 4.78 is 31.3. The molecule has 10 heteroatoms. The lowest BCUT2D eigenvalue weighted by Crippen LogP contribution is -2.51. The molecule has 0 aliphatic heterocycles. The molecule has 8 nitrogen and oxygen atoms in total. The van der Waals surface area contributed by atoms with Gasteiger partial charge in [-0.1, -0.05) is 37.6 Å². The number of amides is 2. The molecule has 0 saturated heterocycles. The second-order valence-corrected chi connectivity index (χ2v) is 10.8. The van der Waals surface area contributed by atoms with Crippen LogP contribution < -0.4 is 14.4 Å². The van der Waals surface area contributed by atoms with E-state index in [0.29, 0.717) is 23.0 Å². The molecule has 2 amide bonds. The van der Waals surface area contributed by atoms with E-state index in [4.69, 9.17) is 16.3 Å². The predicted molar refractivity (Wildman–Crippen MR) is 134 cm³/mol. The number of hydrogen-bond acceptors (Lipinski definition) is 5. The summed E-state index contributed by atoms with van der Waals surface area (Å²) in [6.07, 6.45) is 1.03. The third-order valence-corrected chi connectivity index (χ3v) is 6.51. The highest BCUT2D eigenvalue weighted by Crippen LogP contribution is 2.22. The Balaban J connectivity index is 2.35. The number of nitrogens with zero attached hydrogens (tertiary/aromatic N) is 2. The molecule has 0 saturated carbocycles. The minimum Gasteiger partial charge on any atom is -0.497 e. The Labute approximate surface area is 206 Å². The quantitative estimate of drug-likeness (QED) is 0.501. The minimum atomic E-state index is -3.79. The molecule has 0 aromatic heterocycles. The molecule has 0 aliphatic rings. The van der Waals surface area contributed by atoms with Gasteiger partial charge in [-0.2, -0.15) is 0 Å². The summed E-state index contributed by atoms with van der Waals surface area (Å²) in [6.45, 7) is 5.65. The Morgan fingerprint density at radius 2 is 1.74 bits per heavy atom. The van der Waals surface area contributed by atoms with Crippen LogP contribution in [-0.2, 0) is 26.2 Å². The number of nitrogens with one attached hydrogen (secondary N) is 1. The smallest absolute Gasteiger partial charge is 0.244 e. The normalized spacial score (nSPS) is 12.2. The third kappa shape index (κ3) is 7.92. The Morgan fingerprint density at radius 3 is 2.26 bits per heavy atom. The van der Waals surface area contributed by atoms with E-state index in [1.807, 2.05) is 13.8 Å². The van der Waals surface area contributed by atoms with Crippen molar-refractivity contribution >= 4 is 39.1 Å². The number of methoxy groups -OCH3 is 1. The van der Waals surface area contributed by atoms with E-state index < -0.39 is 28.5 Å². The standard InChI is InChI=1S/C24H32ClN3O5S/c1-17(2)14-26-24(30)18(3)27(15-19-7-6-8-20(25)13-19)23(29)16-28(34(5,31)32)21-9-11-22(33-4)12-10-21/h6-13,17-18H,14-16H2,1-5H3,(H,26,30)/t18-/m0/s1. The van der Waals surface area contributed by atoms with Gasteiger partial charge >= 0.3 is 0 Å². The number of halogens is 1. The zero-order valence-electron chi connectivity index (χ0n) is 20.1. The average Bonchev–Trinajstić information content (AvgIpc) is 2.78. The van der Waals surface area contributed by atoms with Crippen molar-refractivity contribution in [1.29, 1.82) is 0 Å². The van der Waals surface area contributed by atoms with E-state index in [1.165, 1.54) is 12.0 Å². The van der Waals surface area contributed by atoms with Crippen molar-refractivity contribution in [2.45, 2.75) is 33.4 Å². The Morgan fingerprint density at radius 1 is 1.09 bits per heavy atom. The molecule has 1 atom stereocenters. The van der Waals surface area contributed by atoms with Crippen LogP contribution in [0.1, 0.15) is 26.3 Å². The highest BCUT2D eigenvalue weighted by atomic mass is 35.5. The van der Waals surface area contributed by atoms with Crippen LogP contribution in [0.3, 0.4) is 0 Å². The first-order valence-electron chi connectivity index (χ1n) is 10.9. The van der Waals surface area contributed by atoms with Gasteiger partial charge in [-0.3, -0.25) is 13.9 Å². The molecule has 186 valence electrons. The van der Waals surface area contributed by atoms with Crippen LogP contribution in [0.15, 0.2) is 48.5 Å². The van der Waals surface area contributed by atoms with Gasteiger partial charge < -0.3 is 15.0 Å². The number of anilines is 1. The molecule has 0 spiro atoms. The van der Waals surface area contributed by atoms with Gasteiger partial charge in [-0.15, -0.1) is 0 Å². The fraction of sp³-hybridized carbons (Fsp3) is 0.417. The zero-order chi connectivity index (χ0) is 25.5. The molecule has 0 heterocycles. The first-order chi connectivity index (χ1) is 15.9. The molecule has 0 aliphatic carbocycles. The van der Waals surface area contributed by atoms with E-state index in [9.17, 15) is 18.0 Å². The second kappa shape index (κ2) is 12.1. The Bertz CT molecular complexity index is 1090. The van der Waals surface area contributed by atoms with E-state index in [-0.39, 0.29) is 18.4 Å². The second-order valence-electron chi connectivity index (χ2n) is 8.43. The van der Waals surface area contributed by atoms with E-state index in [2.05, 4.69) is 5.32 Å². The molecule has 2 aromatic rings. The van der Waals surface area contributed by atoms with Crippen LogP contribution in [0, 0.1) is 5.92 Å². The molecule has 0 fully saturated rings. The van der Waals surface area contributed by atoms with Gasteiger partial charge in [0.2, 0.25) is 21.8 Å². The first-order valence-corrected chi connectivity index (χ1v) is 13.1. The van der Waals surface area contributed by atoms with E-state index >= 15 is 0 Å². The largest absolute Gasteiger partial charge is 0.497 e. The number of sulfonamides is 1. The first kappa shape index (κ1) is 27.5. The number of ether oxygens (including phenoxy) is 1. The average molecular weight is 510 g/mol. The Hall–Kier alpha value is -2.78. The van der Waals surface area contributed by atoms with Crippen molar-refractivity contribution in [1.82, 2.24) is 10.2 Å². The molecule has 2 rings (SSSR count). The van der Waals surface area contributed by atoms with Crippen molar-refractivity contribution in [3.63, 3.8) is 0 Å². The number of hydrogen-bond donors (Lipinski definition) is 1. The van der Waals surface area contributed by atoms with Gasteiger partial charge in [-0.05, 0) is 54.8 Å². The lowest BCUT2D eigenvalue weighted by molar-refractivity contribution is -0.139. The maximum Gasteiger partial charge on any atom is 0.244 e. The van der Waals surface area contributed by atoms with Crippen LogP contribution in [0.2, 0.25) is 5.02 Å². The topological polar surface area (TPSA) is 96.0 Å². The van der Waals surface area contributed by atoms with Crippen LogP contribution >= 0.6 is 11.6 Å². The van der Waals surface area contributed by atoms with Crippen molar-refractivity contribution in [3.8, 4) is 5.75 Å². The predicted octanol–water partition coefficient (Wildman–Crippen LogP) is 3.30. The summed E-state index contributed by atoms with van der Waals surface area (Å²) in [5.41, 5.74) is 1.04. The van der Waals surface area contributed by atoms with Crippen LogP contribution in [0.4, 0.5) is 5.69 Å². The summed E-state index contributed by atoms with van der Waals surface area (Å²) in [6, 6.07) is 12.5. The van der Waals surface area contributed by atoms with E-state index in [0.717, 1.165) is 16.1 Å².